The third-order valence-corrected chi connectivity index (χ3v) is 3.73. The molecule has 3 nitrogen and oxygen atoms in total. The number of amides is 1. The molecule has 0 spiro atoms. The number of thiazole rings is 1. The molecule has 2 rings (SSSR count). The molecular weight excluding hydrogens is 252 g/mol. The maximum Gasteiger partial charge on any atom is 0.226 e. The van der Waals surface area contributed by atoms with Gasteiger partial charge in [0.1, 0.15) is 5.01 Å². The summed E-state index contributed by atoms with van der Waals surface area (Å²) in [6.07, 6.45) is 0.360. The number of hydrogen-bond donors (Lipinski definition) is 1. The number of nitrogens with one attached hydrogen (secondary N) is 1. The fourth-order valence-electron chi connectivity index (χ4n) is 1.44. The lowest BCUT2D eigenvalue weighted by molar-refractivity contribution is -0.120. The van der Waals surface area contributed by atoms with Crippen molar-refractivity contribution in [3.05, 3.63) is 27.9 Å². The fraction of sp³-hybridized carbons (Fsp3) is 0.333. The standard InChI is InChI=1S/C12H14N2OS2/c1-8(2)13-11(15)5-10-7-17-12(14-10)9-3-4-16-6-9/h3-4,6-8H,5H2,1-2H3,(H,13,15). The topological polar surface area (TPSA) is 42.0 Å². The van der Waals surface area contributed by atoms with E-state index in [1.54, 1.807) is 22.7 Å². The summed E-state index contributed by atoms with van der Waals surface area (Å²) in [5.74, 6) is 0.0298. The van der Waals surface area contributed by atoms with Crippen LogP contribution in [-0.4, -0.2) is 16.9 Å². The zero-order chi connectivity index (χ0) is 12.3. The maximum absolute atomic E-state index is 11.6. The molecule has 0 aliphatic rings. The smallest absolute Gasteiger partial charge is 0.226 e. The second-order valence-electron chi connectivity index (χ2n) is 4.06. The van der Waals surface area contributed by atoms with Crippen molar-refractivity contribution in [1.29, 1.82) is 0 Å². The zero-order valence-corrected chi connectivity index (χ0v) is 11.4. The normalized spacial score (nSPS) is 10.8. The fourth-order valence-corrected chi connectivity index (χ4v) is 2.98. The molecule has 0 atom stereocenters. The summed E-state index contributed by atoms with van der Waals surface area (Å²) >= 11 is 3.24. The molecular formula is C12H14N2OS2. The Kier molecular flexibility index (Phi) is 3.91. The van der Waals surface area contributed by atoms with Crippen molar-refractivity contribution in [3.63, 3.8) is 0 Å². The summed E-state index contributed by atoms with van der Waals surface area (Å²) in [7, 11) is 0. The molecule has 0 saturated heterocycles. The summed E-state index contributed by atoms with van der Waals surface area (Å²) in [5, 5.41) is 9.90. The number of thiophene rings is 1. The Morgan fingerprint density at radius 2 is 2.29 bits per heavy atom. The predicted octanol–water partition coefficient (Wildman–Crippen LogP) is 2.94. The molecule has 0 bridgehead atoms. The minimum absolute atomic E-state index is 0.0298. The van der Waals surface area contributed by atoms with E-state index in [2.05, 4.69) is 15.7 Å². The average molecular weight is 266 g/mol. The van der Waals surface area contributed by atoms with Crippen LogP contribution >= 0.6 is 22.7 Å². The number of nitrogens with zero attached hydrogens (tertiary/aromatic N) is 1. The summed E-state index contributed by atoms with van der Waals surface area (Å²) in [6.45, 7) is 3.91. The van der Waals surface area contributed by atoms with Crippen molar-refractivity contribution in [1.82, 2.24) is 10.3 Å². The molecule has 0 aliphatic heterocycles. The lowest BCUT2D eigenvalue weighted by atomic mass is 10.3. The predicted molar refractivity (Wildman–Crippen MR) is 72.4 cm³/mol. The molecule has 0 fully saturated rings. The summed E-state index contributed by atoms with van der Waals surface area (Å²) in [4.78, 5) is 16.0. The summed E-state index contributed by atoms with van der Waals surface area (Å²) < 4.78 is 0. The second kappa shape index (κ2) is 5.42. The Hall–Kier alpha value is -1.20. The monoisotopic (exact) mass is 266 g/mol. The highest BCUT2D eigenvalue weighted by Gasteiger charge is 2.09. The Morgan fingerprint density at radius 3 is 2.94 bits per heavy atom. The van der Waals surface area contributed by atoms with Crippen LogP contribution in [0.15, 0.2) is 22.2 Å². The molecule has 0 unspecified atom stereocenters. The van der Waals surface area contributed by atoms with Crippen LogP contribution in [0, 0.1) is 0 Å². The van der Waals surface area contributed by atoms with Gasteiger partial charge in [-0.05, 0) is 25.3 Å². The third-order valence-electron chi connectivity index (χ3n) is 2.11. The van der Waals surface area contributed by atoms with Gasteiger partial charge in [0.05, 0.1) is 12.1 Å². The van der Waals surface area contributed by atoms with Gasteiger partial charge in [-0.25, -0.2) is 4.98 Å². The summed E-state index contributed by atoms with van der Waals surface area (Å²) in [5.41, 5.74) is 1.98. The van der Waals surface area contributed by atoms with Crippen LogP contribution in [0.4, 0.5) is 0 Å². The highest BCUT2D eigenvalue weighted by molar-refractivity contribution is 7.14. The molecule has 2 heterocycles. The van der Waals surface area contributed by atoms with Gasteiger partial charge in [0.15, 0.2) is 0 Å². The van der Waals surface area contributed by atoms with Gasteiger partial charge in [-0.15, -0.1) is 11.3 Å². The molecule has 0 saturated carbocycles. The van der Waals surface area contributed by atoms with Crippen LogP contribution in [-0.2, 0) is 11.2 Å². The quantitative estimate of drug-likeness (QED) is 0.924. The molecule has 0 aliphatic carbocycles. The highest BCUT2D eigenvalue weighted by Crippen LogP contribution is 2.25. The van der Waals surface area contributed by atoms with E-state index in [0.717, 1.165) is 16.3 Å². The molecule has 90 valence electrons. The van der Waals surface area contributed by atoms with Crippen molar-refractivity contribution in [2.24, 2.45) is 0 Å². The first-order valence-electron chi connectivity index (χ1n) is 5.41. The van der Waals surface area contributed by atoms with Gasteiger partial charge in [0.2, 0.25) is 5.91 Å². The van der Waals surface area contributed by atoms with Crippen LogP contribution in [0.5, 0.6) is 0 Å². The number of carbonyl (C=O) groups is 1. The van der Waals surface area contributed by atoms with E-state index in [0.29, 0.717) is 6.42 Å². The first-order chi connectivity index (χ1) is 8.15. The molecule has 1 N–H and O–H groups in total. The number of carbonyl (C=O) groups excluding carboxylic acids is 1. The Bertz CT molecular complexity index is 488. The van der Waals surface area contributed by atoms with Crippen LogP contribution in [0.3, 0.4) is 0 Å². The molecule has 0 aromatic carbocycles. The van der Waals surface area contributed by atoms with E-state index in [9.17, 15) is 4.79 Å². The first-order valence-corrected chi connectivity index (χ1v) is 7.23. The van der Waals surface area contributed by atoms with E-state index < -0.39 is 0 Å². The van der Waals surface area contributed by atoms with Crippen molar-refractivity contribution >= 4 is 28.6 Å². The molecule has 2 aromatic rings. The molecule has 1 amide bonds. The van der Waals surface area contributed by atoms with Crippen molar-refractivity contribution in [3.8, 4) is 10.6 Å². The highest BCUT2D eigenvalue weighted by atomic mass is 32.1. The van der Waals surface area contributed by atoms with Crippen LogP contribution in [0.25, 0.3) is 10.6 Å². The largest absolute Gasteiger partial charge is 0.354 e. The Morgan fingerprint density at radius 1 is 1.47 bits per heavy atom. The second-order valence-corrected chi connectivity index (χ2v) is 5.69. The number of aromatic nitrogens is 1. The van der Waals surface area contributed by atoms with E-state index in [-0.39, 0.29) is 11.9 Å². The minimum atomic E-state index is 0.0298. The third kappa shape index (κ3) is 3.38. The van der Waals surface area contributed by atoms with Gasteiger partial charge in [-0.2, -0.15) is 11.3 Å². The number of rotatable bonds is 4. The van der Waals surface area contributed by atoms with E-state index in [1.165, 1.54) is 0 Å². The van der Waals surface area contributed by atoms with Crippen molar-refractivity contribution in [2.75, 3.05) is 0 Å². The lowest BCUT2D eigenvalue weighted by Crippen LogP contribution is -2.31. The van der Waals surface area contributed by atoms with Crippen molar-refractivity contribution < 1.29 is 4.79 Å². The molecule has 2 aromatic heterocycles. The van der Waals surface area contributed by atoms with Gasteiger partial charge in [-0.3, -0.25) is 4.79 Å². The van der Waals surface area contributed by atoms with Crippen LogP contribution in [0.2, 0.25) is 0 Å². The first kappa shape index (κ1) is 12.3. The average Bonchev–Trinajstić information content (AvgIpc) is 2.84. The van der Waals surface area contributed by atoms with E-state index >= 15 is 0 Å². The van der Waals surface area contributed by atoms with E-state index in [4.69, 9.17) is 0 Å². The maximum atomic E-state index is 11.6. The van der Waals surface area contributed by atoms with Gasteiger partial charge in [0, 0.05) is 22.4 Å². The Labute approximate surface area is 109 Å². The lowest BCUT2D eigenvalue weighted by Gasteiger charge is -2.06. The van der Waals surface area contributed by atoms with Gasteiger partial charge in [0.25, 0.3) is 0 Å². The molecule has 5 heteroatoms. The van der Waals surface area contributed by atoms with Crippen LogP contribution in [0.1, 0.15) is 19.5 Å². The van der Waals surface area contributed by atoms with Gasteiger partial charge in [-0.1, -0.05) is 0 Å². The Balaban J connectivity index is 2.02. The summed E-state index contributed by atoms with van der Waals surface area (Å²) in [6, 6.07) is 2.22. The molecule has 17 heavy (non-hydrogen) atoms. The number of hydrogen-bond acceptors (Lipinski definition) is 4. The van der Waals surface area contributed by atoms with E-state index in [1.807, 2.05) is 30.7 Å². The van der Waals surface area contributed by atoms with Gasteiger partial charge < -0.3 is 5.32 Å². The SMILES string of the molecule is CC(C)NC(=O)Cc1csc(-c2ccsc2)n1. The molecule has 0 radical (unpaired) electrons. The van der Waals surface area contributed by atoms with Crippen molar-refractivity contribution in [2.45, 2.75) is 26.3 Å². The van der Waals surface area contributed by atoms with Crippen LogP contribution < -0.4 is 5.32 Å². The minimum Gasteiger partial charge on any atom is -0.354 e. The van der Waals surface area contributed by atoms with Gasteiger partial charge >= 0.3 is 0 Å². The zero-order valence-electron chi connectivity index (χ0n) is 9.77.